The lowest BCUT2D eigenvalue weighted by Gasteiger charge is -2.04. The Bertz CT molecular complexity index is 575. The number of imidazole rings is 1. The predicted molar refractivity (Wildman–Crippen MR) is 72.0 cm³/mol. The Morgan fingerprint density at radius 1 is 1.44 bits per heavy atom. The fourth-order valence-corrected chi connectivity index (χ4v) is 1.94. The number of carbonyl (C=O) groups excluding carboxylic acids is 1. The third kappa shape index (κ3) is 2.79. The molecule has 0 unspecified atom stereocenters. The minimum atomic E-state index is 0.123. The van der Waals surface area contributed by atoms with Crippen molar-refractivity contribution in [2.75, 3.05) is 0 Å². The molecule has 0 N–H and O–H groups in total. The number of benzene rings is 1. The maximum Gasteiger partial charge on any atom is 0.163 e. The van der Waals surface area contributed by atoms with E-state index in [4.69, 9.17) is 11.6 Å². The third-order valence-electron chi connectivity index (χ3n) is 2.98. The van der Waals surface area contributed by atoms with Gasteiger partial charge < -0.3 is 4.57 Å². The summed E-state index contributed by atoms with van der Waals surface area (Å²) in [5.41, 5.74) is 1.64. The molecule has 0 aliphatic heterocycles. The molecule has 4 heteroatoms. The Balaban J connectivity index is 2.04. The summed E-state index contributed by atoms with van der Waals surface area (Å²) in [5.74, 6) is 1.05. The Hall–Kier alpha value is -1.61. The maximum absolute atomic E-state index is 12.0. The molecule has 3 nitrogen and oxygen atoms in total. The highest BCUT2D eigenvalue weighted by atomic mass is 35.5. The zero-order valence-corrected chi connectivity index (χ0v) is 11.2. The second-order valence-electron chi connectivity index (χ2n) is 4.34. The summed E-state index contributed by atoms with van der Waals surface area (Å²) < 4.78 is 1.93. The molecule has 0 aliphatic rings. The van der Waals surface area contributed by atoms with Crippen LogP contribution in [-0.4, -0.2) is 15.3 Å². The molecule has 0 spiro atoms. The second kappa shape index (κ2) is 5.36. The molecule has 18 heavy (non-hydrogen) atoms. The molecule has 0 saturated carbocycles. The SMILES string of the molecule is Cc1cc(C(=O)CCc2nccn2C)ccc1Cl. The van der Waals surface area contributed by atoms with Crippen molar-refractivity contribution in [3.8, 4) is 0 Å². The largest absolute Gasteiger partial charge is 0.338 e. The molecule has 0 amide bonds. The Labute approximate surface area is 111 Å². The zero-order chi connectivity index (χ0) is 13.1. The number of Topliss-reactive ketones (excluding diaryl/α,β-unsaturated/α-hetero) is 1. The van der Waals surface area contributed by atoms with Crippen molar-refractivity contribution in [3.63, 3.8) is 0 Å². The van der Waals surface area contributed by atoms with Crippen LogP contribution in [0.1, 0.15) is 28.2 Å². The lowest BCUT2D eigenvalue weighted by molar-refractivity contribution is 0.0982. The second-order valence-corrected chi connectivity index (χ2v) is 4.75. The van der Waals surface area contributed by atoms with E-state index in [9.17, 15) is 4.79 Å². The minimum Gasteiger partial charge on any atom is -0.338 e. The van der Waals surface area contributed by atoms with Crippen molar-refractivity contribution in [2.45, 2.75) is 19.8 Å². The van der Waals surface area contributed by atoms with Gasteiger partial charge in [-0.1, -0.05) is 11.6 Å². The standard InChI is InChI=1S/C14H15ClN2O/c1-10-9-11(3-4-12(10)15)13(18)5-6-14-16-7-8-17(14)2/h3-4,7-9H,5-6H2,1-2H3. The molecular weight excluding hydrogens is 248 g/mol. The summed E-state index contributed by atoms with van der Waals surface area (Å²) in [6.45, 7) is 1.90. The van der Waals surface area contributed by atoms with Gasteiger partial charge in [-0.2, -0.15) is 0 Å². The number of carbonyl (C=O) groups is 1. The zero-order valence-electron chi connectivity index (χ0n) is 10.5. The van der Waals surface area contributed by atoms with E-state index in [2.05, 4.69) is 4.98 Å². The average Bonchev–Trinajstić information content (AvgIpc) is 2.75. The summed E-state index contributed by atoms with van der Waals surface area (Å²) in [7, 11) is 1.93. The van der Waals surface area contributed by atoms with Crippen molar-refractivity contribution in [3.05, 3.63) is 52.6 Å². The average molecular weight is 263 g/mol. The summed E-state index contributed by atoms with van der Waals surface area (Å²) in [6, 6.07) is 5.38. The fraction of sp³-hybridized carbons (Fsp3) is 0.286. The van der Waals surface area contributed by atoms with Gasteiger partial charge in [0.15, 0.2) is 5.78 Å². The van der Waals surface area contributed by atoms with Crippen LogP contribution in [0.4, 0.5) is 0 Å². The number of aryl methyl sites for hydroxylation is 3. The first-order valence-corrected chi connectivity index (χ1v) is 6.21. The highest BCUT2D eigenvalue weighted by molar-refractivity contribution is 6.31. The van der Waals surface area contributed by atoms with Gasteiger partial charge in [0.2, 0.25) is 0 Å². The molecule has 1 aromatic carbocycles. The highest BCUT2D eigenvalue weighted by Crippen LogP contribution is 2.17. The van der Waals surface area contributed by atoms with Crippen LogP contribution in [0.5, 0.6) is 0 Å². The molecular formula is C14H15ClN2O. The Kier molecular flexibility index (Phi) is 3.82. The minimum absolute atomic E-state index is 0.123. The molecule has 1 heterocycles. The van der Waals surface area contributed by atoms with Crippen LogP contribution in [0.3, 0.4) is 0 Å². The third-order valence-corrected chi connectivity index (χ3v) is 3.40. The van der Waals surface area contributed by atoms with Crippen LogP contribution < -0.4 is 0 Å². The van der Waals surface area contributed by atoms with E-state index in [-0.39, 0.29) is 5.78 Å². The number of ketones is 1. The number of nitrogens with zero attached hydrogens (tertiary/aromatic N) is 2. The van der Waals surface area contributed by atoms with Gasteiger partial charge in [-0.15, -0.1) is 0 Å². The van der Waals surface area contributed by atoms with E-state index in [1.165, 1.54) is 0 Å². The fourth-order valence-electron chi connectivity index (χ4n) is 1.83. The van der Waals surface area contributed by atoms with Crippen LogP contribution in [-0.2, 0) is 13.5 Å². The number of hydrogen-bond donors (Lipinski definition) is 0. The summed E-state index contributed by atoms with van der Waals surface area (Å²) in [4.78, 5) is 16.2. The molecule has 0 atom stereocenters. The van der Waals surface area contributed by atoms with E-state index in [1.807, 2.05) is 30.8 Å². The lowest BCUT2D eigenvalue weighted by Crippen LogP contribution is -2.05. The maximum atomic E-state index is 12.0. The molecule has 0 radical (unpaired) electrons. The van der Waals surface area contributed by atoms with Crippen LogP contribution in [0, 0.1) is 6.92 Å². The van der Waals surface area contributed by atoms with E-state index < -0.39 is 0 Å². The van der Waals surface area contributed by atoms with Crippen molar-refractivity contribution >= 4 is 17.4 Å². The Morgan fingerprint density at radius 2 is 2.22 bits per heavy atom. The highest BCUT2D eigenvalue weighted by Gasteiger charge is 2.09. The van der Waals surface area contributed by atoms with Crippen molar-refractivity contribution in [1.82, 2.24) is 9.55 Å². The number of hydrogen-bond acceptors (Lipinski definition) is 2. The molecule has 0 bridgehead atoms. The van der Waals surface area contributed by atoms with Crippen LogP contribution in [0.15, 0.2) is 30.6 Å². The van der Waals surface area contributed by atoms with Crippen molar-refractivity contribution in [2.24, 2.45) is 7.05 Å². The van der Waals surface area contributed by atoms with Crippen molar-refractivity contribution < 1.29 is 4.79 Å². The van der Waals surface area contributed by atoms with Crippen LogP contribution in [0.2, 0.25) is 5.02 Å². The molecule has 1 aromatic heterocycles. The van der Waals surface area contributed by atoms with Crippen molar-refractivity contribution in [1.29, 1.82) is 0 Å². The van der Waals surface area contributed by atoms with Crippen LogP contribution >= 0.6 is 11.6 Å². The smallest absolute Gasteiger partial charge is 0.163 e. The van der Waals surface area contributed by atoms with Gasteiger partial charge in [-0.3, -0.25) is 4.79 Å². The molecule has 0 fully saturated rings. The first-order chi connectivity index (χ1) is 8.58. The molecule has 2 rings (SSSR count). The van der Waals surface area contributed by atoms with E-state index in [0.29, 0.717) is 23.4 Å². The van der Waals surface area contributed by atoms with Gasteiger partial charge in [0.1, 0.15) is 5.82 Å². The van der Waals surface area contributed by atoms with Gasteiger partial charge in [-0.25, -0.2) is 4.98 Å². The van der Waals surface area contributed by atoms with E-state index in [1.54, 1.807) is 18.3 Å². The molecule has 2 aromatic rings. The first kappa shape index (κ1) is 12.8. The molecule has 94 valence electrons. The summed E-state index contributed by atoms with van der Waals surface area (Å²) in [5, 5.41) is 0.690. The first-order valence-electron chi connectivity index (χ1n) is 5.83. The van der Waals surface area contributed by atoms with Gasteiger partial charge in [0, 0.05) is 42.9 Å². The Morgan fingerprint density at radius 3 is 2.83 bits per heavy atom. The van der Waals surface area contributed by atoms with Gasteiger partial charge in [0.25, 0.3) is 0 Å². The normalized spacial score (nSPS) is 10.6. The monoisotopic (exact) mass is 262 g/mol. The quantitative estimate of drug-likeness (QED) is 0.793. The van der Waals surface area contributed by atoms with Gasteiger partial charge in [0.05, 0.1) is 0 Å². The van der Waals surface area contributed by atoms with Crippen LogP contribution in [0.25, 0.3) is 0 Å². The number of halogens is 1. The predicted octanol–water partition coefficient (Wildman–Crippen LogP) is 3.20. The molecule has 0 aliphatic carbocycles. The topological polar surface area (TPSA) is 34.9 Å². The summed E-state index contributed by atoms with van der Waals surface area (Å²) >= 11 is 5.94. The van der Waals surface area contributed by atoms with Gasteiger partial charge >= 0.3 is 0 Å². The number of aromatic nitrogens is 2. The summed E-state index contributed by atoms with van der Waals surface area (Å²) in [6.07, 6.45) is 4.74. The molecule has 0 saturated heterocycles. The number of rotatable bonds is 4. The lowest BCUT2D eigenvalue weighted by atomic mass is 10.0. The van der Waals surface area contributed by atoms with Gasteiger partial charge in [-0.05, 0) is 30.7 Å². The van der Waals surface area contributed by atoms with E-state index in [0.717, 1.165) is 11.4 Å². The van der Waals surface area contributed by atoms with E-state index >= 15 is 0 Å².